The first-order valence-corrected chi connectivity index (χ1v) is 16.3. The summed E-state index contributed by atoms with van der Waals surface area (Å²) in [6.07, 6.45) is 0. The molecule has 0 spiro atoms. The molecule has 1 fully saturated rings. The molecule has 2 N–H and O–H groups in total. The van der Waals surface area contributed by atoms with Gasteiger partial charge in [-0.25, -0.2) is 4.98 Å². The zero-order valence-corrected chi connectivity index (χ0v) is 27.1. The summed E-state index contributed by atoms with van der Waals surface area (Å²) >= 11 is 1.09. The number of piperazine rings is 1. The van der Waals surface area contributed by atoms with Gasteiger partial charge >= 0.3 is 0 Å². The van der Waals surface area contributed by atoms with Crippen molar-refractivity contribution in [1.82, 2.24) is 14.8 Å². The zero-order chi connectivity index (χ0) is 34.5. The number of carbonyl (C=O) groups excluding carboxylic acids is 2. The van der Waals surface area contributed by atoms with Crippen LogP contribution in [0.5, 0.6) is 0 Å². The fourth-order valence-corrected chi connectivity index (χ4v) is 6.48. The van der Waals surface area contributed by atoms with Gasteiger partial charge < -0.3 is 10.2 Å². The van der Waals surface area contributed by atoms with Crippen LogP contribution < -0.4 is 10.6 Å². The second-order valence-electron chi connectivity index (χ2n) is 11.4. The average Bonchev–Trinajstić information content (AvgIpc) is 3.58. The highest BCUT2D eigenvalue weighted by atomic mass is 32.1. The van der Waals surface area contributed by atoms with Crippen LogP contribution in [0.2, 0.25) is 0 Å². The van der Waals surface area contributed by atoms with Crippen molar-refractivity contribution < 1.29 is 19.4 Å². The Morgan fingerprint density at radius 2 is 1.45 bits per heavy atom. The Morgan fingerprint density at radius 1 is 0.816 bits per heavy atom. The van der Waals surface area contributed by atoms with Crippen molar-refractivity contribution in [3.05, 3.63) is 151 Å². The highest BCUT2D eigenvalue weighted by Gasteiger charge is 2.29. The lowest BCUT2D eigenvalue weighted by Gasteiger charge is -2.39. The summed E-state index contributed by atoms with van der Waals surface area (Å²) in [5.74, 6) is -0.865. The first-order chi connectivity index (χ1) is 23.7. The maximum atomic E-state index is 13.4. The fraction of sp³-hybridized carbons (Fsp3) is 0.171. The molecule has 13 nitrogen and oxygen atoms in total. The van der Waals surface area contributed by atoms with E-state index in [9.17, 15) is 29.8 Å². The number of carbonyl (C=O) groups is 2. The van der Waals surface area contributed by atoms with Crippen LogP contribution >= 0.6 is 11.3 Å². The minimum absolute atomic E-state index is 0.0169. The van der Waals surface area contributed by atoms with Gasteiger partial charge in [0.2, 0.25) is 0 Å². The number of nitrogens with one attached hydrogen (secondary N) is 2. The van der Waals surface area contributed by atoms with Gasteiger partial charge in [0, 0.05) is 61.0 Å². The molecule has 0 bridgehead atoms. The predicted molar refractivity (Wildman–Crippen MR) is 186 cm³/mol. The summed E-state index contributed by atoms with van der Waals surface area (Å²) in [4.78, 5) is 56.7. The van der Waals surface area contributed by atoms with Crippen molar-refractivity contribution in [3.8, 4) is 0 Å². The maximum Gasteiger partial charge on any atom is 0.293 e. The molecule has 6 rings (SSSR count). The number of nitrogens with zero attached hydrogens (tertiary/aromatic N) is 5. The molecule has 2 amide bonds. The predicted octanol–water partition coefficient (Wildman–Crippen LogP) is 6.81. The van der Waals surface area contributed by atoms with Gasteiger partial charge in [-0.2, -0.15) is 0 Å². The lowest BCUT2D eigenvalue weighted by molar-refractivity contribution is -0.384. The number of nitro groups is 2. The topological polar surface area (TPSA) is 164 Å². The van der Waals surface area contributed by atoms with Crippen LogP contribution in [0.3, 0.4) is 0 Å². The Labute approximate surface area is 285 Å². The molecule has 4 aromatic carbocycles. The molecule has 0 saturated carbocycles. The molecule has 49 heavy (non-hydrogen) atoms. The molecule has 0 unspecified atom stereocenters. The van der Waals surface area contributed by atoms with Crippen LogP contribution in [-0.2, 0) is 0 Å². The van der Waals surface area contributed by atoms with Crippen LogP contribution in [0.1, 0.15) is 43.6 Å². The number of rotatable bonds is 10. The molecule has 1 saturated heterocycles. The number of hydrogen-bond donors (Lipinski definition) is 2. The molecule has 0 atom stereocenters. The van der Waals surface area contributed by atoms with E-state index in [2.05, 4.69) is 44.8 Å². The Balaban J connectivity index is 1.10. The third-order valence-corrected chi connectivity index (χ3v) is 9.05. The molecule has 0 radical (unpaired) electrons. The normalized spacial score (nSPS) is 13.2. The summed E-state index contributed by atoms with van der Waals surface area (Å²) in [6.45, 7) is 4.00. The molecule has 1 aliphatic heterocycles. The number of aromatic nitrogens is 1. The van der Waals surface area contributed by atoms with E-state index in [1.165, 1.54) is 41.5 Å². The molecule has 0 aliphatic carbocycles. The smallest absolute Gasteiger partial charge is 0.293 e. The Hall–Kier alpha value is -5.99. The number of hydrogen-bond acceptors (Lipinski definition) is 10. The van der Waals surface area contributed by atoms with Crippen LogP contribution in [0, 0.1) is 27.2 Å². The molecule has 14 heteroatoms. The number of nitro benzene ring substituents is 2. The van der Waals surface area contributed by atoms with Crippen molar-refractivity contribution >= 4 is 51.0 Å². The SMILES string of the molecule is Cc1cc([N+](=O)[O-])ccc1Nc1ccc(C(=O)Nc2nc(C(=O)N3CCN(C(c4ccccc4)c4ccccc4)CC3)cs2)cc1[N+](=O)[O-]. The van der Waals surface area contributed by atoms with Crippen molar-refractivity contribution in [2.75, 3.05) is 36.8 Å². The first kappa shape index (κ1) is 32.9. The van der Waals surface area contributed by atoms with Gasteiger partial charge in [-0.05, 0) is 41.8 Å². The number of benzene rings is 4. The van der Waals surface area contributed by atoms with Gasteiger partial charge in [0.1, 0.15) is 11.4 Å². The van der Waals surface area contributed by atoms with Crippen LogP contribution in [-0.4, -0.2) is 62.6 Å². The second-order valence-corrected chi connectivity index (χ2v) is 12.3. The van der Waals surface area contributed by atoms with Gasteiger partial charge in [-0.3, -0.25) is 40.0 Å². The largest absolute Gasteiger partial charge is 0.350 e. The zero-order valence-electron chi connectivity index (χ0n) is 26.3. The van der Waals surface area contributed by atoms with Crippen molar-refractivity contribution in [3.63, 3.8) is 0 Å². The van der Waals surface area contributed by atoms with Gasteiger partial charge in [0.25, 0.3) is 23.2 Å². The summed E-state index contributed by atoms with van der Waals surface area (Å²) in [5, 5.41) is 30.3. The van der Waals surface area contributed by atoms with E-state index in [0.29, 0.717) is 37.4 Å². The van der Waals surface area contributed by atoms with E-state index < -0.39 is 15.8 Å². The lowest BCUT2D eigenvalue weighted by Crippen LogP contribution is -2.50. The van der Waals surface area contributed by atoms with E-state index in [0.717, 1.165) is 17.4 Å². The fourth-order valence-electron chi connectivity index (χ4n) is 5.81. The van der Waals surface area contributed by atoms with Crippen molar-refractivity contribution in [2.24, 2.45) is 0 Å². The van der Waals surface area contributed by atoms with Crippen LogP contribution in [0.15, 0.2) is 102 Å². The third-order valence-electron chi connectivity index (χ3n) is 8.29. The third kappa shape index (κ3) is 7.45. The van der Waals surface area contributed by atoms with Crippen LogP contribution in [0.4, 0.5) is 27.9 Å². The van der Waals surface area contributed by atoms with Crippen molar-refractivity contribution in [2.45, 2.75) is 13.0 Å². The monoisotopic (exact) mass is 677 g/mol. The Morgan fingerprint density at radius 3 is 2.04 bits per heavy atom. The van der Waals surface area contributed by atoms with E-state index in [-0.39, 0.29) is 45.4 Å². The van der Waals surface area contributed by atoms with Gasteiger partial charge in [-0.15, -0.1) is 11.3 Å². The lowest BCUT2D eigenvalue weighted by atomic mass is 9.96. The first-order valence-electron chi connectivity index (χ1n) is 15.4. The molecule has 248 valence electrons. The molecular weight excluding hydrogens is 646 g/mol. The highest BCUT2D eigenvalue weighted by Crippen LogP contribution is 2.32. The summed E-state index contributed by atoms with van der Waals surface area (Å²) < 4.78 is 0. The number of amides is 2. The van der Waals surface area contributed by atoms with E-state index >= 15 is 0 Å². The minimum atomic E-state index is -0.629. The minimum Gasteiger partial charge on any atom is -0.350 e. The van der Waals surface area contributed by atoms with Crippen LogP contribution in [0.25, 0.3) is 0 Å². The van der Waals surface area contributed by atoms with E-state index in [1.807, 2.05) is 36.4 Å². The molecule has 1 aliphatic rings. The molecular formula is C35H31N7O6S. The summed E-state index contributed by atoms with van der Waals surface area (Å²) in [6, 6.07) is 28.7. The number of anilines is 3. The van der Waals surface area contributed by atoms with E-state index in [1.54, 1.807) is 17.2 Å². The summed E-state index contributed by atoms with van der Waals surface area (Å²) in [7, 11) is 0. The Bertz CT molecular complexity index is 1970. The highest BCUT2D eigenvalue weighted by molar-refractivity contribution is 7.14. The summed E-state index contributed by atoms with van der Waals surface area (Å²) in [5.41, 5.74) is 3.21. The second kappa shape index (κ2) is 14.4. The van der Waals surface area contributed by atoms with E-state index in [4.69, 9.17) is 0 Å². The van der Waals surface area contributed by atoms with Gasteiger partial charge in [0.15, 0.2) is 5.13 Å². The number of aryl methyl sites for hydroxylation is 1. The average molecular weight is 678 g/mol. The maximum absolute atomic E-state index is 13.4. The Kier molecular flexibility index (Phi) is 9.69. The number of thiazole rings is 1. The van der Waals surface area contributed by atoms with Gasteiger partial charge in [0.05, 0.1) is 15.9 Å². The molecule has 1 aromatic heterocycles. The standard InChI is InChI=1S/C35H31N7O6S/c1-23-20-27(41(45)46)13-15-28(23)36-29-14-12-26(21-31(29)42(47)48)33(43)38-35-37-30(22-49-35)34(44)40-18-16-39(17-19-40)32(24-8-4-2-5-9-24)25-10-6-3-7-11-25/h2-15,20-22,32,36H,16-19H2,1H3,(H,37,38,43). The van der Waals surface area contributed by atoms with Crippen molar-refractivity contribution in [1.29, 1.82) is 0 Å². The van der Waals surface area contributed by atoms with Gasteiger partial charge in [-0.1, -0.05) is 60.7 Å². The molecule has 5 aromatic rings. The molecule has 2 heterocycles. The quantitative estimate of drug-likeness (QED) is 0.119. The number of non-ortho nitro benzene ring substituents is 1.